The fraction of sp³-hybridized carbons (Fsp3) is 0.435. The van der Waals surface area contributed by atoms with Gasteiger partial charge in [0.05, 0.1) is 17.2 Å². The SMILES string of the molecule is CNS(=O)(=O)N1CC(n2c(=O)n(C3CC3)c(=O)c3c(Nc4ccc(C)cc4F)n(C)c(=O)c(C)c32)C1. The summed E-state index contributed by atoms with van der Waals surface area (Å²) < 4.78 is 46.3. The summed E-state index contributed by atoms with van der Waals surface area (Å²) in [5, 5.41) is 2.99. The van der Waals surface area contributed by atoms with Crippen LogP contribution in [-0.2, 0) is 17.3 Å². The molecule has 1 aromatic carbocycles. The van der Waals surface area contributed by atoms with Crippen molar-refractivity contribution in [2.24, 2.45) is 7.05 Å². The second-order valence-corrected chi connectivity index (χ2v) is 11.3. The Balaban J connectivity index is 1.80. The van der Waals surface area contributed by atoms with E-state index in [2.05, 4.69) is 10.0 Å². The van der Waals surface area contributed by atoms with Crippen LogP contribution in [0.2, 0.25) is 0 Å². The molecule has 2 fully saturated rings. The van der Waals surface area contributed by atoms with E-state index in [1.807, 2.05) is 0 Å². The fourth-order valence-electron chi connectivity index (χ4n) is 4.74. The van der Waals surface area contributed by atoms with Crippen LogP contribution in [0.4, 0.5) is 15.9 Å². The van der Waals surface area contributed by atoms with Crippen molar-refractivity contribution in [1.82, 2.24) is 22.7 Å². The second-order valence-electron chi connectivity index (χ2n) is 9.41. The highest BCUT2D eigenvalue weighted by Crippen LogP contribution is 2.35. The zero-order valence-electron chi connectivity index (χ0n) is 20.3. The van der Waals surface area contributed by atoms with E-state index in [-0.39, 0.29) is 47.1 Å². The third-order valence-corrected chi connectivity index (χ3v) is 8.45. The molecule has 13 heteroatoms. The zero-order valence-corrected chi connectivity index (χ0v) is 21.1. The van der Waals surface area contributed by atoms with E-state index in [0.29, 0.717) is 18.4 Å². The molecule has 0 radical (unpaired) electrons. The number of halogens is 1. The number of nitrogens with zero attached hydrogens (tertiary/aromatic N) is 4. The number of hydrogen-bond acceptors (Lipinski definition) is 6. The molecule has 3 heterocycles. The van der Waals surface area contributed by atoms with Gasteiger partial charge in [-0.3, -0.25) is 23.3 Å². The molecule has 5 rings (SSSR count). The standard InChI is InChI=1S/C23H27FN6O5S/c1-12-5-8-17(16(24)9-12)26-20-18-19(13(2)21(31)27(20)4)29(15-10-28(11-15)36(34,35)25-3)23(33)30(22(18)32)14-6-7-14/h5,8-9,14-15,25-26H,6-7,10-11H2,1-4H3. The molecular weight excluding hydrogens is 491 g/mol. The van der Waals surface area contributed by atoms with Crippen LogP contribution < -0.4 is 26.8 Å². The number of aromatic nitrogens is 3. The highest BCUT2D eigenvalue weighted by Gasteiger charge is 2.40. The lowest BCUT2D eigenvalue weighted by Gasteiger charge is -2.39. The molecule has 36 heavy (non-hydrogen) atoms. The Morgan fingerprint density at radius 1 is 1.00 bits per heavy atom. The predicted octanol–water partition coefficient (Wildman–Crippen LogP) is 1.02. The first-order chi connectivity index (χ1) is 17.0. The molecule has 0 unspecified atom stereocenters. The molecular formula is C23H27FN6O5S. The van der Waals surface area contributed by atoms with Crippen molar-refractivity contribution in [3.63, 3.8) is 0 Å². The molecule has 11 nitrogen and oxygen atoms in total. The van der Waals surface area contributed by atoms with Crippen LogP contribution in [0.3, 0.4) is 0 Å². The lowest BCUT2D eigenvalue weighted by Crippen LogP contribution is -2.57. The van der Waals surface area contributed by atoms with Crippen molar-refractivity contribution in [3.05, 3.63) is 66.3 Å². The number of fused-ring (bicyclic) bond motifs is 1. The zero-order chi connectivity index (χ0) is 26.1. The quantitative estimate of drug-likeness (QED) is 0.502. The molecule has 2 N–H and O–H groups in total. The molecule has 192 valence electrons. The van der Waals surface area contributed by atoms with Gasteiger partial charge in [-0.15, -0.1) is 0 Å². The molecule has 0 atom stereocenters. The maximum absolute atomic E-state index is 14.7. The van der Waals surface area contributed by atoms with E-state index in [9.17, 15) is 27.2 Å². The summed E-state index contributed by atoms with van der Waals surface area (Å²) in [4.78, 5) is 40.6. The van der Waals surface area contributed by atoms with Gasteiger partial charge in [-0.2, -0.15) is 12.7 Å². The van der Waals surface area contributed by atoms with Crippen molar-refractivity contribution < 1.29 is 12.8 Å². The van der Waals surface area contributed by atoms with E-state index in [4.69, 9.17) is 0 Å². The summed E-state index contributed by atoms with van der Waals surface area (Å²) >= 11 is 0. The van der Waals surface area contributed by atoms with E-state index in [1.165, 1.54) is 51.2 Å². The van der Waals surface area contributed by atoms with Crippen molar-refractivity contribution in [1.29, 1.82) is 0 Å². The van der Waals surface area contributed by atoms with Crippen LogP contribution in [0.15, 0.2) is 32.6 Å². The summed E-state index contributed by atoms with van der Waals surface area (Å²) in [7, 11) is -0.918. The van der Waals surface area contributed by atoms with Gasteiger partial charge >= 0.3 is 5.69 Å². The molecule has 0 spiro atoms. The molecule has 0 bridgehead atoms. The van der Waals surface area contributed by atoms with Crippen molar-refractivity contribution in [2.75, 3.05) is 25.5 Å². The first-order valence-corrected chi connectivity index (χ1v) is 13.0. The van der Waals surface area contributed by atoms with Gasteiger partial charge in [0.2, 0.25) is 0 Å². The molecule has 1 saturated heterocycles. The van der Waals surface area contributed by atoms with Gasteiger partial charge in [-0.05, 0) is 44.4 Å². The van der Waals surface area contributed by atoms with Crippen LogP contribution >= 0.6 is 0 Å². The highest BCUT2D eigenvalue weighted by molar-refractivity contribution is 7.87. The Morgan fingerprint density at radius 2 is 1.67 bits per heavy atom. The average molecular weight is 519 g/mol. The van der Waals surface area contributed by atoms with Crippen molar-refractivity contribution >= 4 is 32.6 Å². The van der Waals surface area contributed by atoms with E-state index < -0.39 is 38.9 Å². The van der Waals surface area contributed by atoms with E-state index in [1.54, 1.807) is 13.0 Å². The molecule has 2 aliphatic rings. The number of anilines is 2. The van der Waals surface area contributed by atoms with Crippen LogP contribution in [-0.4, -0.2) is 46.6 Å². The Bertz CT molecular complexity index is 1700. The Kier molecular flexibility index (Phi) is 5.69. The third-order valence-electron chi connectivity index (χ3n) is 6.96. The topological polar surface area (TPSA) is 127 Å². The summed E-state index contributed by atoms with van der Waals surface area (Å²) in [5.74, 6) is -0.491. The Labute approximate surface area is 206 Å². The number of hydrogen-bond donors (Lipinski definition) is 2. The summed E-state index contributed by atoms with van der Waals surface area (Å²) in [6.45, 7) is 3.28. The van der Waals surface area contributed by atoms with Crippen LogP contribution in [0.25, 0.3) is 10.9 Å². The number of nitrogens with one attached hydrogen (secondary N) is 2. The van der Waals surface area contributed by atoms with E-state index >= 15 is 0 Å². The molecule has 1 aliphatic heterocycles. The minimum Gasteiger partial charge on any atom is -0.338 e. The average Bonchev–Trinajstić information content (AvgIpc) is 3.62. The normalized spacial score (nSPS) is 16.9. The summed E-state index contributed by atoms with van der Waals surface area (Å²) in [5.41, 5.74) is -0.524. The fourth-order valence-corrected chi connectivity index (χ4v) is 5.73. The first-order valence-electron chi connectivity index (χ1n) is 11.6. The maximum Gasteiger partial charge on any atom is 0.332 e. The lowest BCUT2D eigenvalue weighted by atomic mass is 10.1. The van der Waals surface area contributed by atoms with Crippen LogP contribution in [0.1, 0.15) is 36.1 Å². The monoisotopic (exact) mass is 518 g/mol. The molecule has 2 aromatic heterocycles. The number of pyridine rings is 1. The first kappa shape index (κ1) is 24.4. The van der Waals surface area contributed by atoms with E-state index in [0.717, 1.165) is 0 Å². The van der Waals surface area contributed by atoms with Crippen LogP contribution in [0, 0.1) is 19.7 Å². The molecule has 3 aromatic rings. The smallest absolute Gasteiger partial charge is 0.332 e. The summed E-state index contributed by atoms with van der Waals surface area (Å²) in [6, 6.07) is 3.69. The van der Waals surface area contributed by atoms with Crippen molar-refractivity contribution in [2.45, 2.75) is 38.8 Å². The van der Waals surface area contributed by atoms with Gasteiger partial charge in [0, 0.05) is 38.8 Å². The highest BCUT2D eigenvalue weighted by atomic mass is 32.2. The van der Waals surface area contributed by atoms with Gasteiger partial charge in [-0.25, -0.2) is 13.9 Å². The number of rotatable bonds is 6. The molecule has 1 aliphatic carbocycles. The number of benzene rings is 1. The largest absolute Gasteiger partial charge is 0.338 e. The number of aryl methyl sites for hydroxylation is 2. The minimum atomic E-state index is -3.69. The maximum atomic E-state index is 14.7. The predicted molar refractivity (Wildman–Crippen MR) is 134 cm³/mol. The second kappa shape index (κ2) is 8.39. The van der Waals surface area contributed by atoms with Gasteiger partial charge in [0.25, 0.3) is 21.3 Å². The molecule has 0 amide bonds. The summed E-state index contributed by atoms with van der Waals surface area (Å²) in [6.07, 6.45) is 1.32. The minimum absolute atomic E-state index is 0.00501. The van der Waals surface area contributed by atoms with Crippen LogP contribution in [0.5, 0.6) is 0 Å². The van der Waals surface area contributed by atoms with Gasteiger partial charge in [0.1, 0.15) is 17.0 Å². The Morgan fingerprint density at radius 3 is 2.25 bits per heavy atom. The van der Waals surface area contributed by atoms with Gasteiger partial charge in [0.15, 0.2) is 0 Å². The Hall–Kier alpha value is -3.29. The third kappa shape index (κ3) is 3.69. The van der Waals surface area contributed by atoms with Gasteiger partial charge in [-0.1, -0.05) is 6.07 Å². The van der Waals surface area contributed by atoms with Gasteiger partial charge < -0.3 is 5.32 Å². The molecule has 1 saturated carbocycles. The van der Waals surface area contributed by atoms with Crippen molar-refractivity contribution in [3.8, 4) is 0 Å². The lowest BCUT2D eigenvalue weighted by molar-refractivity contribution is 0.199.